The highest BCUT2D eigenvalue weighted by Gasteiger charge is 2.21. The van der Waals surface area contributed by atoms with Crippen molar-refractivity contribution in [3.8, 4) is 0 Å². The zero-order chi connectivity index (χ0) is 12.8. The van der Waals surface area contributed by atoms with Crippen LogP contribution < -0.4 is 10.2 Å². The van der Waals surface area contributed by atoms with Crippen molar-refractivity contribution in [2.24, 2.45) is 0 Å². The van der Waals surface area contributed by atoms with E-state index in [1.54, 1.807) is 0 Å². The summed E-state index contributed by atoms with van der Waals surface area (Å²) in [5.74, 6) is 0.906. The number of hydrogen-bond donors (Lipinski definition) is 1. The molecule has 1 aromatic heterocycles. The third kappa shape index (κ3) is 3.19. The highest BCUT2D eigenvalue weighted by Crippen LogP contribution is 2.22. The summed E-state index contributed by atoms with van der Waals surface area (Å²) in [7, 11) is 1.94. The normalized spacial score (nSPS) is 20.8. The van der Waals surface area contributed by atoms with E-state index in [1.807, 2.05) is 19.4 Å². The molecule has 1 aromatic rings. The van der Waals surface area contributed by atoms with E-state index in [9.17, 15) is 0 Å². The van der Waals surface area contributed by atoms with Crippen molar-refractivity contribution in [3.63, 3.8) is 0 Å². The van der Waals surface area contributed by atoms with E-state index in [1.165, 1.54) is 32.1 Å². The molecule has 18 heavy (non-hydrogen) atoms. The van der Waals surface area contributed by atoms with E-state index in [-0.39, 0.29) is 0 Å². The molecule has 0 aromatic carbocycles. The third-order valence-electron chi connectivity index (χ3n) is 3.68. The third-order valence-corrected chi connectivity index (χ3v) is 3.68. The van der Waals surface area contributed by atoms with Crippen LogP contribution in [-0.4, -0.2) is 29.6 Å². The first-order chi connectivity index (χ1) is 8.85. The van der Waals surface area contributed by atoms with Gasteiger partial charge in [-0.25, -0.2) is 9.97 Å². The van der Waals surface area contributed by atoms with Gasteiger partial charge in [-0.1, -0.05) is 19.8 Å². The fraction of sp³-hybridized carbons (Fsp3) is 0.714. The van der Waals surface area contributed by atoms with Crippen molar-refractivity contribution in [2.45, 2.75) is 51.6 Å². The Bertz CT molecular complexity index is 349. The lowest BCUT2D eigenvalue weighted by Crippen LogP contribution is -2.35. The average molecular weight is 248 g/mol. The van der Waals surface area contributed by atoms with Crippen LogP contribution in [-0.2, 0) is 6.54 Å². The molecule has 2 rings (SSSR count). The molecule has 4 heteroatoms. The maximum Gasteiger partial charge on any atom is 0.225 e. The fourth-order valence-electron chi connectivity index (χ4n) is 2.66. The van der Waals surface area contributed by atoms with Gasteiger partial charge in [0.05, 0.1) is 0 Å². The van der Waals surface area contributed by atoms with Crippen LogP contribution in [0.25, 0.3) is 0 Å². The second-order valence-corrected chi connectivity index (χ2v) is 5.03. The van der Waals surface area contributed by atoms with Crippen molar-refractivity contribution in [3.05, 3.63) is 18.0 Å². The molecule has 4 nitrogen and oxygen atoms in total. The zero-order valence-electron chi connectivity index (χ0n) is 11.5. The molecule has 1 aliphatic heterocycles. The molecule has 2 heterocycles. The predicted molar refractivity (Wildman–Crippen MR) is 74.7 cm³/mol. The first kappa shape index (κ1) is 13.3. The maximum atomic E-state index is 4.54. The minimum atomic E-state index is 0.614. The molecule has 1 aliphatic rings. The number of nitrogens with one attached hydrogen (secondary N) is 1. The molecular weight excluding hydrogens is 224 g/mol. The van der Waals surface area contributed by atoms with E-state index < -0.39 is 0 Å². The van der Waals surface area contributed by atoms with E-state index in [4.69, 9.17) is 0 Å². The lowest BCUT2D eigenvalue weighted by Gasteiger charge is -2.29. The molecule has 0 spiro atoms. The van der Waals surface area contributed by atoms with Crippen LogP contribution in [0.5, 0.6) is 0 Å². The number of anilines is 1. The highest BCUT2D eigenvalue weighted by molar-refractivity contribution is 5.32. The molecule has 1 N–H and O–H groups in total. The summed E-state index contributed by atoms with van der Waals surface area (Å²) >= 11 is 0. The minimum Gasteiger partial charge on any atom is -0.338 e. The molecule has 0 bridgehead atoms. The van der Waals surface area contributed by atoms with Gasteiger partial charge in [-0.3, -0.25) is 0 Å². The average Bonchev–Trinajstić information content (AvgIpc) is 2.65. The van der Waals surface area contributed by atoms with Gasteiger partial charge in [0.25, 0.3) is 0 Å². The Morgan fingerprint density at radius 3 is 2.72 bits per heavy atom. The van der Waals surface area contributed by atoms with Crippen molar-refractivity contribution in [2.75, 3.05) is 18.5 Å². The van der Waals surface area contributed by atoms with Gasteiger partial charge in [0, 0.05) is 37.1 Å². The smallest absolute Gasteiger partial charge is 0.225 e. The number of nitrogens with zero attached hydrogens (tertiary/aromatic N) is 3. The van der Waals surface area contributed by atoms with Crippen LogP contribution in [0.4, 0.5) is 5.95 Å². The quantitative estimate of drug-likeness (QED) is 0.888. The summed E-state index contributed by atoms with van der Waals surface area (Å²) in [6.07, 6.45) is 10.3. The molecular formula is C14H24N4. The van der Waals surface area contributed by atoms with Gasteiger partial charge in [-0.05, 0) is 26.3 Å². The van der Waals surface area contributed by atoms with Gasteiger partial charge in [-0.15, -0.1) is 0 Å². The number of aromatic nitrogens is 2. The highest BCUT2D eigenvalue weighted by atomic mass is 15.3. The van der Waals surface area contributed by atoms with Crippen molar-refractivity contribution in [1.82, 2.24) is 15.3 Å². The number of rotatable bonds is 4. The minimum absolute atomic E-state index is 0.614. The van der Waals surface area contributed by atoms with Crippen LogP contribution in [0.3, 0.4) is 0 Å². The lowest BCUT2D eigenvalue weighted by atomic mass is 10.1. The van der Waals surface area contributed by atoms with Gasteiger partial charge in [0.1, 0.15) is 0 Å². The number of hydrogen-bond acceptors (Lipinski definition) is 4. The predicted octanol–water partition coefficient (Wildman–Crippen LogP) is 2.36. The second kappa shape index (κ2) is 6.69. The summed E-state index contributed by atoms with van der Waals surface area (Å²) in [5.41, 5.74) is 1.14. The zero-order valence-corrected chi connectivity index (χ0v) is 11.5. The summed E-state index contributed by atoms with van der Waals surface area (Å²) in [4.78, 5) is 11.5. The Labute approximate surface area is 110 Å². The summed E-state index contributed by atoms with van der Waals surface area (Å²) in [5, 5.41) is 3.12. The van der Waals surface area contributed by atoms with Gasteiger partial charge >= 0.3 is 0 Å². The van der Waals surface area contributed by atoms with Crippen LogP contribution in [0.15, 0.2) is 12.4 Å². The van der Waals surface area contributed by atoms with Crippen LogP contribution in [0.1, 0.15) is 44.6 Å². The van der Waals surface area contributed by atoms with E-state index in [0.29, 0.717) is 6.04 Å². The topological polar surface area (TPSA) is 41.1 Å². The van der Waals surface area contributed by atoms with Gasteiger partial charge in [0.2, 0.25) is 5.95 Å². The van der Waals surface area contributed by atoms with Crippen molar-refractivity contribution in [1.29, 1.82) is 0 Å². The fourth-order valence-corrected chi connectivity index (χ4v) is 2.66. The Balaban J connectivity index is 2.11. The van der Waals surface area contributed by atoms with Crippen LogP contribution in [0.2, 0.25) is 0 Å². The molecule has 0 aliphatic carbocycles. The summed E-state index contributed by atoms with van der Waals surface area (Å²) in [6.45, 7) is 4.19. The molecule has 1 atom stereocenters. The molecule has 0 saturated carbocycles. The molecule has 1 unspecified atom stereocenters. The van der Waals surface area contributed by atoms with E-state index in [0.717, 1.165) is 24.6 Å². The van der Waals surface area contributed by atoms with Gasteiger partial charge in [0.15, 0.2) is 0 Å². The Hall–Kier alpha value is -1.16. The molecule has 1 saturated heterocycles. The molecule has 0 radical (unpaired) electrons. The first-order valence-corrected chi connectivity index (χ1v) is 7.07. The SMILES string of the molecule is CCC1CCCCCN1c1ncc(CNC)cn1. The largest absolute Gasteiger partial charge is 0.338 e. The second-order valence-electron chi connectivity index (χ2n) is 5.03. The molecule has 0 amide bonds. The Morgan fingerprint density at radius 2 is 2.06 bits per heavy atom. The first-order valence-electron chi connectivity index (χ1n) is 7.07. The lowest BCUT2D eigenvalue weighted by molar-refractivity contribution is 0.547. The Kier molecular flexibility index (Phi) is 4.93. The summed E-state index contributed by atoms with van der Waals surface area (Å²) in [6, 6.07) is 0.614. The van der Waals surface area contributed by atoms with Crippen molar-refractivity contribution >= 4 is 5.95 Å². The van der Waals surface area contributed by atoms with Crippen LogP contribution >= 0.6 is 0 Å². The molecule has 100 valence electrons. The monoisotopic (exact) mass is 248 g/mol. The van der Waals surface area contributed by atoms with Crippen molar-refractivity contribution < 1.29 is 0 Å². The molecule has 1 fully saturated rings. The van der Waals surface area contributed by atoms with Crippen LogP contribution in [0, 0.1) is 0 Å². The van der Waals surface area contributed by atoms with Gasteiger partial charge < -0.3 is 10.2 Å². The Morgan fingerprint density at radius 1 is 1.28 bits per heavy atom. The maximum absolute atomic E-state index is 4.54. The summed E-state index contributed by atoms with van der Waals surface area (Å²) < 4.78 is 0. The van der Waals surface area contributed by atoms with Gasteiger partial charge in [-0.2, -0.15) is 0 Å². The van der Waals surface area contributed by atoms with E-state index >= 15 is 0 Å². The van der Waals surface area contributed by atoms with E-state index in [2.05, 4.69) is 27.1 Å². The standard InChI is InChI=1S/C14H24N4/c1-3-13-7-5-4-6-8-18(13)14-16-10-12(9-15-2)11-17-14/h10-11,13,15H,3-9H2,1-2H3.